The predicted octanol–water partition coefficient (Wildman–Crippen LogP) is 2.89. The fourth-order valence-electron chi connectivity index (χ4n) is 3.52. The molecule has 0 atom stereocenters. The summed E-state index contributed by atoms with van der Waals surface area (Å²) in [6.07, 6.45) is 3.60. The number of fused-ring (bicyclic) bond motifs is 1. The molecule has 1 fully saturated rings. The Morgan fingerprint density at radius 2 is 2.00 bits per heavy atom. The lowest BCUT2D eigenvalue weighted by Crippen LogP contribution is -2.33. The van der Waals surface area contributed by atoms with Crippen LogP contribution in [0.3, 0.4) is 0 Å². The molecular weight excluding hydrogens is 332 g/mol. The molecule has 0 spiro atoms. The normalized spacial score (nSPS) is 15.1. The van der Waals surface area contributed by atoms with E-state index < -0.39 is 4.92 Å². The van der Waals surface area contributed by atoms with Crippen LogP contribution in [-0.4, -0.2) is 32.6 Å². The van der Waals surface area contributed by atoms with Crippen LogP contribution in [0.1, 0.15) is 30.1 Å². The van der Waals surface area contributed by atoms with Crippen molar-refractivity contribution < 1.29 is 4.92 Å². The van der Waals surface area contributed by atoms with Gasteiger partial charge in [-0.3, -0.25) is 14.5 Å². The van der Waals surface area contributed by atoms with Crippen LogP contribution in [0.15, 0.2) is 42.6 Å². The molecule has 1 aromatic carbocycles. The highest BCUT2D eigenvalue weighted by molar-refractivity contribution is 5.66. The van der Waals surface area contributed by atoms with E-state index in [1.165, 1.54) is 12.1 Å². The Labute approximate surface area is 149 Å². The van der Waals surface area contributed by atoms with E-state index in [1.807, 2.05) is 33.7 Å². The topological polar surface area (TPSA) is 100 Å². The van der Waals surface area contributed by atoms with Gasteiger partial charge >= 0.3 is 0 Å². The van der Waals surface area contributed by atoms with Gasteiger partial charge in [0, 0.05) is 31.3 Å². The van der Waals surface area contributed by atoms with E-state index in [9.17, 15) is 10.1 Å². The van der Waals surface area contributed by atoms with Crippen molar-refractivity contribution in [2.75, 3.05) is 18.0 Å². The van der Waals surface area contributed by atoms with Crippen LogP contribution < -0.4 is 4.90 Å². The SMILES string of the molecule is N#Cc1ccc([N+](=O)[O-])c(N2CCC(c3nnc4ccccn34)CC2)c1. The molecule has 4 rings (SSSR count). The van der Waals surface area contributed by atoms with Crippen LogP contribution in [-0.2, 0) is 0 Å². The summed E-state index contributed by atoms with van der Waals surface area (Å²) in [5.74, 6) is 1.18. The zero-order valence-electron chi connectivity index (χ0n) is 13.9. The molecule has 2 aromatic heterocycles. The Bertz CT molecular complexity index is 1010. The van der Waals surface area contributed by atoms with Gasteiger partial charge in [0.1, 0.15) is 11.5 Å². The smallest absolute Gasteiger partial charge is 0.292 e. The van der Waals surface area contributed by atoms with Gasteiger partial charge < -0.3 is 4.90 Å². The number of aromatic nitrogens is 3. The van der Waals surface area contributed by atoms with E-state index in [1.54, 1.807) is 6.07 Å². The van der Waals surface area contributed by atoms with Gasteiger partial charge in [0.2, 0.25) is 0 Å². The molecule has 0 bridgehead atoms. The number of hydrogen-bond donors (Lipinski definition) is 0. The Kier molecular flexibility index (Phi) is 3.97. The summed E-state index contributed by atoms with van der Waals surface area (Å²) in [5, 5.41) is 29.0. The van der Waals surface area contributed by atoms with Crippen LogP contribution in [0, 0.1) is 21.4 Å². The van der Waals surface area contributed by atoms with Crippen LogP contribution in [0.2, 0.25) is 0 Å². The van der Waals surface area contributed by atoms with Crippen molar-refractivity contribution in [2.24, 2.45) is 0 Å². The number of benzene rings is 1. The highest BCUT2D eigenvalue weighted by Crippen LogP contribution is 2.34. The molecule has 3 heterocycles. The summed E-state index contributed by atoms with van der Waals surface area (Å²) < 4.78 is 2.00. The molecule has 130 valence electrons. The number of anilines is 1. The Hall–Kier alpha value is -3.47. The van der Waals surface area contributed by atoms with E-state index in [-0.39, 0.29) is 11.6 Å². The molecule has 0 saturated carbocycles. The van der Waals surface area contributed by atoms with Crippen molar-refractivity contribution in [1.29, 1.82) is 5.26 Å². The summed E-state index contributed by atoms with van der Waals surface area (Å²) in [6.45, 7) is 1.34. The van der Waals surface area contributed by atoms with E-state index >= 15 is 0 Å². The zero-order chi connectivity index (χ0) is 18.1. The highest BCUT2D eigenvalue weighted by atomic mass is 16.6. The number of rotatable bonds is 3. The van der Waals surface area contributed by atoms with Gasteiger partial charge in [0.05, 0.1) is 16.6 Å². The fraction of sp³-hybridized carbons (Fsp3) is 0.278. The lowest BCUT2D eigenvalue weighted by Gasteiger charge is -2.32. The van der Waals surface area contributed by atoms with Crippen LogP contribution in [0.4, 0.5) is 11.4 Å². The number of pyridine rings is 1. The summed E-state index contributed by atoms with van der Waals surface area (Å²) in [4.78, 5) is 12.9. The number of nitro benzene ring substituents is 1. The molecule has 1 aliphatic heterocycles. The van der Waals surface area contributed by atoms with Crippen molar-refractivity contribution in [3.63, 3.8) is 0 Å². The fourth-order valence-corrected chi connectivity index (χ4v) is 3.52. The monoisotopic (exact) mass is 348 g/mol. The van der Waals surface area contributed by atoms with Gasteiger partial charge in [-0.05, 0) is 37.1 Å². The van der Waals surface area contributed by atoms with E-state index in [4.69, 9.17) is 5.26 Å². The summed E-state index contributed by atoms with van der Waals surface area (Å²) >= 11 is 0. The van der Waals surface area contributed by atoms with Gasteiger partial charge in [-0.15, -0.1) is 10.2 Å². The standard InChI is InChI=1S/C18H16N6O2/c19-12-13-4-5-15(24(25)26)16(11-13)22-9-6-14(7-10-22)18-21-20-17-3-1-2-8-23(17)18/h1-5,8,11,14H,6-7,9-10H2. The Morgan fingerprint density at radius 1 is 1.19 bits per heavy atom. The van der Waals surface area contributed by atoms with E-state index in [2.05, 4.69) is 16.3 Å². The van der Waals surface area contributed by atoms with Gasteiger partial charge in [-0.2, -0.15) is 5.26 Å². The maximum atomic E-state index is 11.3. The van der Waals surface area contributed by atoms with Crippen LogP contribution >= 0.6 is 0 Å². The number of nitriles is 1. The molecule has 8 nitrogen and oxygen atoms in total. The third-order valence-electron chi connectivity index (χ3n) is 4.84. The van der Waals surface area contributed by atoms with Gasteiger partial charge in [-0.1, -0.05) is 6.07 Å². The molecule has 0 amide bonds. The Balaban J connectivity index is 1.57. The van der Waals surface area contributed by atoms with E-state index in [0.717, 1.165) is 24.3 Å². The maximum absolute atomic E-state index is 11.3. The molecule has 0 radical (unpaired) electrons. The van der Waals surface area contributed by atoms with Gasteiger partial charge in [0.25, 0.3) is 5.69 Å². The van der Waals surface area contributed by atoms with Crippen molar-refractivity contribution in [3.8, 4) is 6.07 Å². The molecule has 1 saturated heterocycles. The predicted molar refractivity (Wildman–Crippen MR) is 95.0 cm³/mol. The average Bonchev–Trinajstić information content (AvgIpc) is 3.11. The van der Waals surface area contributed by atoms with E-state index in [0.29, 0.717) is 24.3 Å². The molecule has 3 aromatic rings. The van der Waals surface area contributed by atoms with Crippen LogP contribution in [0.25, 0.3) is 5.65 Å². The first kappa shape index (κ1) is 16.0. The summed E-state index contributed by atoms with van der Waals surface area (Å²) in [6, 6.07) is 12.3. The van der Waals surface area contributed by atoms with Gasteiger partial charge in [0.15, 0.2) is 5.65 Å². The molecule has 8 heteroatoms. The summed E-state index contributed by atoms with van der Waals surface area (Å²) in [7, 11) is 0. The first-order chi connectivity index (χ1) is 12.7. The average molecular weight is 348 g/mol. The van der Waals surface area contributed by atoms with Crippen LogP contribution in [0.5, 0.6) is 0 Å². The number of nitro groups is 1. The van der Waals surface area contributed by atoms with Crippen molar-refractivity contribution in [2.45, 2.75) is 18.8 Å². The minimum atomic E-state index is -0.394. The molecule has 0 unspecified atom stereocenters. The quantitative estimate of drug-likeness (QED) is 0.533. The molecule has 0 aliphatic carbocycles. The summed E-state index contributed by atoms with van der Waals surface area (Å²) in [5.41, 5.74) is 1.80. The maximum Gasteiger partial charge on any atom is 0.292 e. The second kappa shape index (κ2) is 6.44. The lowest BCUT2D eigenvalue weighted by molar-refractivity contribution is -0.384. The third kappa shape index (κ3) is 2.73. The van der Waals surface area contributed by atoms with Crippen molar-refractivity contribution in [3.05, 3.63) is 64.1 Å². The second-order valence-corrected chi connectivity index (χ2v) is 6.32. The number of nitrogens with zero attached hydrogens (tertiary/aromatic N) is 6. The lowest BCUT2D eigenvalue weighted by atomic mass is 9.95. The first-order valence-corrected chi connectivity index (χ1v) is 8.40. The minimum Gasteiger partial charge on any atom is -0.366 e. The molecule has 0 N–H and O–H groups in total. The van der Waals surface area contributed by atoms with Gasteiger partial charge in [-0.25, -0.2) is 0 Å². The molecule has 1 aliphatic rings. The Morgan fingerprint density at radius 3 is 2.73 bits per heavy atom. The van der Waals surface area contributed by atoms with Crippen molar-refractivity contribution >= 4 is 17.0 Å². The minimum absolute atomic E-state index is 0.0374. The third-order valence-corrected chi connectivity index (χ3v) is 4.84. The van der Waals surface area contributed by atoms with Crippen molar-refractivity contribution in [1.82, 2.24) is 14.6 Å². The molecular formula is C18H16N6O2. The second-order valence-electron chi connectivity index (χ2n) is 6.32. The first-order valence-electron chi connectivity index (χ1n) is 8.40. The number of piperidine rings is 1. The largest absolute Gasteiger partial charge is 0.366 e. The highest BCUT2D eigenvalue weighted by Gasteiger charge is 2.28. The zero-order valence-corrected chi connectivity index (χ0v) is 13.9. The number of hydrogen-bond acceptors (Lipinski definition) is 6. The molecule has 26 heavy (non-hydrogen) atoms.